The second-order valence-corrected chi connectivity index (χ2v) is 7.64. The zero-order valence-electron chi connectivity index (χ0n) is 16.0. The SMILES string of the molecule is CC(=O)NC(C(=O)NCc1cccc(C(=O)N2CCCC2)c1)C1CCCC1. The second kappa shape index (κ2) is 9.02. The number of benzene rings is 1. The Morgan fingerprint density at radius 3 is 2.48 bits per heavy atom. The van der Waals surface area contributed by atoms with Gasteiger partial charge in [-0.05, 0) is 49.3 Å². The Bertz CT molecular complexity index is 692. The van der Waals surface area contributed by atoms with E-state index in [1.54, 1.807) is 0 Å². The Morgan fingerprint density at radius 2 is 1.81 bits per heavy atom. The maximum absolute atomic E-state index is 12.7. The van der Waals surface area contributed by atoms with Crippen LogP contribution in [0.5, 0.6) is 0 Å². The van der Waals surface area contributed by atoms with Crippen LogP contribution in [0.1, 0.15) is 61.4 Å². The maximum atomic E-state index is 12.7. The average molecular weight is 371 g/mol. The van der Waals surface area contributed by atoms with Crippen molar-refractivity contribution in [1.82, 2.24) is 15.5 Å². The zero-order valence-corrected chi connectivity index (χ0v) is 16.0. The van der Waals surface area contributed by atoms with E-state index in [9.17, 15) is 14.4 Å². The third kappa shape index (κ3) is 5.08. The van der Waals surface area contributed by atoms with Crippen molar-refractivity contribution in [2.75, 3.05) is 13.1 Å². The van der Waals surface area contributed by atoms with Crippen LogP contribution in [0.4, 0.5) is 0 Å². The number of likely N-dealkylation sites (tertiary alicyclic amines) is 1. The Morgan fingerprint density at radius 1 is 1.11 bits per heavy atom. The second-order valence-electron chi connectivity index (χ2n) is 7.64. The molecule has 2 N–H and O–H groups in total. The van der Waals surface area contributed by atoms with Crippen LogP contribution in [0.25, 0.3) is 0 Å². The summed E-state index contributed by atoms with van der Waals surface area (Å²) in [6.07, 6.45) is 6.28. The molecular formula is C21H29N3O3. The van der Waals surface area contributed by atoms with Gasteiger partial charge in [-0.2, -0.15) is 0 Å². The molecule has 1 saturated carbocycles. The van der Waals surface area contributed by atoms with Crippen molar-refractivity contribution in [2.45, 2.75) is 58.0 Å². The molecule has 2 fully saturated rings. The van der Waals surface area contributed by atoms with E-state index in [1.165, 1.54) is 6.92 Å². The lowest BCUT2D eigenvalue weighted by molar-refractivity contribution is -0.129. The average Bonchev–Trinajstić information content (AvgIpc) is 3.37. The highest BCUT2D eigenvalue weighted by molar-refractivity contribution is 5.94. The molecule has 27 heavy (non-hydrogen) atoms. The molecule has 1 heterocycles. The van der Waals surface area contributed by atoms with Gasteiger partial charge in [0, 0.05) is 32.1 Å². The van der Waals surface area contributed by atoms with E-state index in [0.29, 0.717) is 12.1 Å². The number of hydrogen-bond donors (Lipinski definition) is 2. The summed E-state index contributed by atoms with van der Waals surface area (Å²) in [5.41, 5.74) is 1.55. The summed E-state index contributed by atoms with van der Waals surface area (Å²) in [5, 5.41) is 5.75. The van der Waals surface area contributed by atoms with Gasteiger partial charge in [-0.25, -0.2) is 0 Å². The fourth-order valence-corrected chi connectivity index (χ4v) is 4.12. The van der Waals surface area contributed by atoms with Crippen LogP contribution in [0.2, 0.25) is 0 Å². The first-order valence-corrected chi connectivity index (χ1v) is 9.97. The molecule has 6 nitrogen and oxygen atoms in total. The highest BCUT2D eigenvalue weighted by Gasteiger charge is 2.31. The van der Waals surface area contributed by atoms with E-state index in [2.05, 4.69) is 10.6 Å². The molecule has 6 heteroatoms. The minimum absolute atomic E-state index is 0.0581. The van der Waals surface area contributed by atoms with Gasteiger partial charge in [0.05, 0.1) is 0 Å². The lowest BCUT2D eigenvalue weighted by Crippen LogP contribution is -2.49. The molecular weight excluding hydrogens is 342 g/mol. The molecule has 0 bridgehead atoms. The van der Waals surface area contributed by atoms with E-state index in [0.717, 1.165) is 57.2 Å². The van der Waals surface area contributed by atoms with Crippen LogP contribution in [0.3, 0.4) is 0 Å². The van der Waals surface area contributed by atoms with Crippen molar-refractivity contribution in [2.24, 2.45) is 5.92 Å². The molecule has 3 rings (SSSR count). The van der Waals surface area contributed by atoms with E-state index >= 15 is 0 Å². The minimum atomic E-state index is -0.473. The lowest BCUT2D eigenvalue weighted by atomic mass is 9.97. The molecule has 1 unspecified atom stereocenters. The maximum Gasteiger partial charge on any atom is 0.253 e. The molecule has 146 valence electrons. The quantitative estimate of drug-likeness (QED) is 0.805. The number of nitrogens with one attached hydrogen (secondary N) is 2. The lowest BCUT2D eigenvalue weighted by Gasteiger charge is -2.23. The van der Waals surface area contributed by atoms with E-state index in [1.807, 2.05) is 29.2 Å². The Hall–Kier alpha value is -2.37. The largest absolute Gasteiger partial charge is 0.350 e. The van der Waals surface area contributed by atoms with Gasteiger partial charge < -0.3 is 15.5 Å². The van der Waals surface area contributed by atoms with Gasteiger partial charge in [0.2, 0.25) is 11.8 Å². The van der Waals surface area contributed by atoms with Crippen LogP contribution < -0.4 is 10.6 Å². The summed E-state index contributed by atoms with van der Waals surface area (Å²) in [4.78, 5) is 38.6. The van der Waals surface area contributed by atoms with Crippen molar-refractivity contribution >= 4 is 17.7 Å². The Kier molecular flexibility index (Phi) is 6.48. The minimum Gasteiger partial charge on any atom is -0.350 e. The Balaban J connectivity index is 1.61. The summed E-state index contributed by atoms with van der Waals surface area (Å²) in [6, 6.07) is 6.96. The molecule has 0 aromatic heterocycles. The molecule has 0 spiro atoms. The normalized spacial score (nSPS) is 18.3. The number of nitrogens with zero attached hydrogens (tertiary/aromatic N) is 1. The molecule has 1 aliphatic carbocycles. The van der Waals surface area contributed by atoms with Crippen molar-refractivity contribution in [3.63, 3.8) is 0 Å². The van der Waals surface area contributed by atoms with E-state index < -0.39 is 6.04 Å². The highest BCUT2D eigenvalue weighted by atomic mass is 16.2. The standard InChI is InChI=1S/C21H29N3O3/c1-15(25)23-19(17-8-2-3-9-17)20(26)22-14-16-7-6-10-18(13-16)21(27)24-11-4-5-12-24/h6-7,10,13,17,19H,2-5,8-9,11-12,14H2,1H3,(H,22,26)(H,23,25). The van der Waals surface area contributed by atoms with Crippen LogP contribution in [-0.4, -0.2) is 41.8 Å². The fourth-order valence-electron chi connectivity index (χ4n) is 4.12. The highest BCUT2D eigenvalue weighted by Crippen LogP contribution is 2.28. The molecule has 1 aromatic carbocycles. The topological polar surface area (TPSA) is 78.5 Å². The monoisotopic (exact) mass is 371 g/mol. The molecule has 0 radical (unpaired) electrons. The van der Waals surface area contributed by atoms with Gasteiger partial charge in [0.25, 0.3) is 5.91 Å². The predicted molar refractivity (Wildman–Crippen MR) is 103 cm³/mol. The van der Waals surface area contributed by atoms with Crippen LogP contribution in [0, 0.1) is 5.92 Å². The first kappa shape index (κ1) is 19.4. The summed E-state index contributed by atoms with van der Waals surface area (Å²) in [6.45, 7) is 3.44. The van der Waals surface area contributed by atoms with Gasteiger partial charge in [-0.1, -0.05) is 25.0 Å². The third-order valence-electron chi connectivity index (χ3n) is 5.55. The van der Waals surface area contributed by atoms with Crippen molar-refractivity contribution in [1.29, 1.82) is 0 Å². The molecule has 1 aliphatic heterocycles. The van der Waals surface area contributed by atoms with Crippen LogP contribution >= 0.6 is 0 Å². The van der Waals surface area contributed by atoms with Gasteiger partial charge >= 0.3 is 0 Å². The molecule has 1 aromatic rings. The molecule has 1 saturated heterocycles. The number of carbonyl (C=O) groups is 3. The van der Waals surface area contributed by atoms with Crippen molar-refractivity contribution in [3.05, 3.63) is 35.4 Å². The number of rotatable bonds is 6. The molecule has 2 aliphatic rings. The summed E-state index contributed by atoms with van der Waals surface area (Å²) < 4.78 is 0. The molecule has 3 amide bonds. The van der Waals surface area contributed by atoms with Gasteiger partial charge in [-0.3, -0.25) is 14.4 Å². The summed E-state index contributed by atoms with van der Waals surface area (Å²) in [7, 11) is 0. The van der Waals surface area contributed by atoms with E-state index in [-0.39, 0.29) is 23.6 Å². The fraction of sp³-hybridized carbons (Fsp3) is 0.571. The number of amides is 3. The number of carbonyl (C=O) groups excluding carboxylic acids is 3. The predicted octanol–water partition coefficient (Wildman–Crippen LogP) is 2.23. The third-order valence-corrected chi connectivity index (χ3v) is 5.55. The van der Waals surface area contributed by atoms with Crippen LogP contribution in [-0.2, 0) is 16.1 Å². The van der Waals surface area contributed by atoms with Gasteiger partial charge in [0.15, 0.2) is 0 Å². The van der Waals surface area contributed by atoms with Crippen LogP contribution in [0.15, 0.2) is 24.3 Å². The molecule has 1 atom stereocenters. The van der Waals surface area contributed by atoms with E-state index in [4.69, 9.17) is 0 Å². The first-order valence-electron chi connectivity index (χ1n) is 9.97. The van der Waals surface area contributed by atoms with Gasteiger partial charge in [0.1, 0.15) is 6.04 Å². The smallest absolute Gasteiger partial charge is 0.253 e. The van der Waals surface area contributed by atoms with Gasteiger partial charge in [-0.15, -0.1) is 0 Å². The number of hydrogen-bond acceptors (Lipinski definition) is 3. The summed E-state index contributed by atoms with van der Waals surface area (Å²) >= 11 is 0. The van der Waals surface area contributed by atoms with Crippen molar-refractivity contribution < 1.29 is 14.4 Å². The van der Waals surface area contributed by atoms with Crippen molar-refractivity contribution in [3.8, 4) is 0 Å². The summed E-state index contributed by atoms with van der Waals surface area (Å²) in [5.74, 6) is -0.0617. The Labute approximate surface area is 160 Å². The first-order chi connectivity index (χ1) is 13.0. The zero-order chi connectivity index (χ0) is 19.2.